The van der Waals surface area contributed by atoms with Gasteiger partial charge in [0.05, 0.1) is 6.04 Å². The Morgan fingerprint density at radius 3 is 2.70 bits per heavy atom. The second kappa shape index (κ2) is 7.23. The predicted molar refractivity (Wildman–Crippen MR) is 91.7 cm³/mol. The van der Waals surface area contributed by atoms with Crippen LogP contribution in [0.5, 0.6) is 0 Å². The van der Waals surface area contributed by atoms with Gasteiger partial charge in [-0.3, -0.25) is 4.79 Å². The summed E-state index contributed by atoms with van der Waals surface area (Å²) in [4.78, 5) is 13.4. The maximum Gasteiger partial charge on any atom is 0.279 e. The molecule has 23 heavy (non-hydrogen) atoms. The Kier molecular flexibility index (Phi) is 5.08. The van der Waals surface area contributed by atoms with Crippen molar-refractivity contribution in [2.45, 2.75) is 25.4 Å². The summed E-state index contributed by atoms with van der Waals surface area (Å²) in [6.07, 6.45) is 2.21. The maximum atomic E-state index is 13.8. The Bertz CT molecular complexity index is 703. The van der Waals surface area contributed by atoms with Crippen molar-refractivity contribution < 1.29 is 14.1 Å². The van der Waals surface area contributed by atoms with E-state index in [1.54, 1.807) is 12.1 Å². The van der Waals surface area contributed by atoms with Crippen LogP contribution in [-0.2, 0) is 11.3 Å². The van der Waals surface area contributed by atoms with Gasteiger partial charge in [-0.2, -0.15) is 0 Å². The van der Waals surface area contributed by atoms with Crippen LogP contribution in [0.2, 0.25) is 0 Å². The monoisotopic (exact) mass is 377 g/mol. The van der Waals surface area contributed by atoms with Crippen LogP contribution in [0.4, 0.5) is 10.1 Å². The van der Waals surface area contributed by atoms with E-state index in [4.69, 9.17) is 0 Å². The zero-order valence-corrected chi connectivity index (χ0v) is 14.3. The minimum Gasteiger partial charge on any atom is -0.321 e. The van der Waals surface area contributed by atoms with Crippen molar-refractivity contribution in [1.82, 2.24) is 0 Å². The van der Waals surface area contributed by atoms with E-state index >= 15 is 0 Å². The molecule has 3 rings (SSSR count). The van der Waals surface area contributed by atoms with Gasteiger partial charge >= 0.3 is 0 Å². The second-order valence-electron chi connectivity index (χ2n) is 5.94. The van der Waals surface area contributed by atoms with Crippen molar-refractivity contribution in [2.24, 2.45) is 0 Å². The van der Waals surface area contributed by atoms with Gasteiger partial charge in [0.1, 0.15) is 12.4 Å². The summed E-state index contributed by atoms with van der Waals surface area (Å²) in [6, 6.07) is 14.8. The van der Waals surface area contributed by atoms with Gasteiger partial charge in [-0.15, -0.1) is 0 Å². The molecule has 2 N–H and O–H groups in total. The zero-order chi connectivity index (χ0) is 16.2. The van der Waals surface area contributed by atoms with Gasteiger partial charge in [0.25, 0.3) is 5.91 Å². The van der Waals surface area contributed by atoms with Crippen molar-refractivity contribution >= 4 is 27.5 Å². The van der Waals surface area contributed by atoms with Crippen LogP contribution in [0.1, 0.15) is 18.4 Å². The van der Waals surface area contributed by atoms with Gasteiger partial charge in [-0.05, 0) is 24.3 Å². The Labute approximate surface area is 143 Å². The Morgan fingerprint density at radius 2 is 2.00 bits per heavy atom. The predicted octanol–water partition coefficient (Wildman–Crippen LogP) is 2.77. The van der Waals surface area contributed by atoms with Crippen LogP contribution >= 0.6 is 15.9 Å². The van der Waals surface area contributed by atoms with Crippen molar-refractivity contribution in [3.05, 3.63) is 64.4 Å². The first-order valence-electron chi connectivity index (χ1n) is 7.75. The van der Waals surface area contributed by atoms with Crippen LogP contribution in [0.15, 0.2) is 53.0 Å². The number of hydrogen-bond acceptors (Lipinski definition) is 1. The van der Waals surface area contributed by atoms with Crippen LogP contribution in [0, 0.1) is 5.82 Å². The molecule has 3 nitrogen and oxygen atoms in total. The smallest absolute Gasteiger partial charge is 0.279 e. The van der Waals surface area contributed by atoms with E-state index in [1.807, 2.05) is 30.3 Å². The molecule has 1 amide bonds. The fraction of sp³-hybridized carbons (Fsp3) is 0.278. The molecule has 0 aliphatic heterocycles. The molecule has 1 saturated carbocycles. The molecule has 120 valence electrons. The van der Waals surface area contributed by atoms with Crippen molar-refractivity contribution in [1.29, 1.82) is 0 Å². The SMILES string of the molecule is O=C(C[NH+](Cc1ccccc1F)C1CC1)Nc1cccc(Br)c1. The summed E-state index contributed by atoms with van der Waals surface area (Å²) < 4.78 is 14.8. The Morgan fingerprint density at radius 1 is 1.22 bits per heavy atom. The molecule has 5 heteroatoms. The van der Waals surface area contributed by atoms with Gasteiger partial charge in [-0.1, -0.05) is 40.2 Å². The number of rotatable bonds is 6. The van der Waals surface area contributed by atoms with E-state index in [1.165, 1.54) is 6.07 Å². The molecule has 1 atom stereocenters. The van der Waals surface area contributed by atoms with Crippen LogP contribution in [-0.4, -0.2) is 18.5 Å². The normalized spacial score (nSPS) is 15.2. The van der Waals surface area contributed by atoms with Crippen molar-refractivity contribution in [3.63, 3.8) is 0 Å². The topological polar surface area (TPSA) is 33.5 Å². The van der Waals surface area contributed by atoms with E-state index in [0.29, 0.717) is 24.7 Å². The number of carbonyl (C=O) groups excluding carboxylic acids is 1. The average Bonchev–Trinajstić information content (AvgIpc) is 3.33. The molecule has 1 aliphatic rings. The zero-order valence-electron chi connectivity index (χ0n) is 12.7. The minimum atomic E-state index is -0.196. The molecule has 0 spiro atoms. The third-order valence-corrected chi connectivity index (χ3v) is 4.52. The lowest BCUT2D eigenvalue weighted by atomic mass is 10.2. The molecule has 0 aromatic heterocycles. The number of amides is 1. The number of anilines is 1. The second-order valence-corrected chi connectivity index (χ2v) is 6.85. The Balaban J connectivity index is 1.63. The summed E-state index contributed by atoms with van der Waals surface area (Å²) in [6.45, 7) is 0.898. The summed E-state index contributed by atoms with van der Waals surface area (Å²) in [5, 5.41) is 2.91. The first kappa shape index (κ1) is 16.1. The molecule has 0 radical (unpaired) electrons. The molecular weight excluding hydrogens is 359 g/mol. The third-order valence-electron chi connectivity index (χ3n) is 4.03. The molecule has 0 bridgehead atoms. The lowest BCUT2D eigenvalue weighted by Crippen LogP contribution is -3.13. The van der Waals surface area contributed by atoms with E-state index in [0.717, 1.165) is 27.9 Å². The molecule has 0 heterocycles. The lowest BCUT2D eigenvalue weighted by molar-refractivity contribution is -0.917. The molecule has 2 aromatic carbocycles. The van der Waals surface area contributed by atoms with E-state index in [2.05, 4.69) is 21.2 Å². The minimum absolute atomic E-state index is 0.0404. The van der Waals surface area contributed by atoms with Gasteiger partial charge in [0.15, 0.2) is 6.54 Å². The highest BCUT2D eigenvalue weighted by Crippen LogP contribution is 2.17. The number of quaternary nitrogens is 1. The maximum absolute atomic E-state index is 13.8. The molecular formula is C18H19BrFN2O+. The number of halogens is 2. The van der Waals surface area contributed by atoms with E-state index in [-0.39, 0.29) is 11.7 Å². The summed E-state index contributed by atoms with van der Waals surface area (Å²) in [5.41, 5.74) is 1.44. The van der Waals surface area contributed by atoms with Crippen molar-refractivity contribution in [2.75, 3.05) is 11.9 Å². The Hall–Kier alpha value is -1.72. The van der Waals surface area contributed by atoms with E-state index < -0.39 is 0 Å². The molecule has 1 aliphatic carbocycles. The molecule has 2 aromatic rings. The van der Waals surface area contributed by atoms with Crippen LogP contribution in [0.25, 0.3) is 0 Å². The summed E-state index contributed by atoms with van der Waals surface area (Å²) in [5.74, 6) is -0.237. The highest BCUT2D eigenvalue weighted by molar-refractivity contribution is 9.10. The van der Waals surface area contributed by atoms with Crippen LogP contribution < -0.4 is 10.2 Å². The fourth-order valence-corrected chi connectivity index (χ4v) is 3.11. The van der Waals surface area contributed by atoms with Gasteiger partial charge in [-0.25, -0.2) is 4.39 Å². The molecule has 1 fully saturated rings. The molecule has 1 unspecified atom stereocenters. The first-order valence-corrected chi connectivity index (χ1v) is 8.54. The number of hydrogen-bond donors (Lipinski definition) is 2. The van der Waals surface area contributed by atoms with Gasteiger partial charge < -0.3 is 10.2 Å². The summed E-state index contributed by atoms with van der Waals surface area (Å²) >= 11 is 3.39. The highest BCUT2D eigenvalue weighted by atomic mass is 79.9. The number of nitrogens with one attached hydrogen (secondary N) is 2. The fourth-order valence-electron chi connectivity index (χ4n) is 2.71. The number of carbonyl (C=O) groups is 1. The highest BCUT2D eigenvalue weighted by Gasteiger charge is 2.35. The average molecular weight is 378 g/mol. The van der Waals surface area contributed by atoms with Crippen LogP contribution in [0.3, 0.4) is 0 Å². The number of benzene rings is 2. The standard InChI is InChI=1S/C18H18BrFN2O/c19-14-5-3-6-15(10-14)21-18(23)12-22(16-8-9-16)11-13-4-1-2-7-17(13)20/h1-7,10,16H,8-9,11-12H2,(H,21,23)/p+1. The summed E-state index contributed by atoms with van der Waals surface area (Å²) in [7, 11) is 0. The lowest BCUT2D eigenvalue weighted by Gasteiger charge is -2.19. The third kappa shape index (κ3) is 4.62. The van der Waals surface area contributed by atoms with E-state index in [9.17, 15) is 9.18 Å². The van der Waals surface area contributed by atoms with Crippen molar-refractivity contribution in [3.8, 4) is 0 Å². The van der Waals surface area contributed by atoms with Gasteiger partial charge in [0, 0.05) is 28.6 Å². The quantitative estimate of drug-likeness (QED) is 0.797. The van der Waals surface area contributed by atoms with Gasteiger partial charge in [0.2, 0.25) is 0 Å². The largest absolute Gasteiger partial charge is 0.321 e. The molecule has 0 saturated heterocycles. The first-order chi connectivity index (χ1) is 11.1.